The molecule has 0 fully saturated rings. The first kappa shape index (κ1) is 23.5. The lowest BCUT2D eigenvalue weighted by Gasteiger charge is -2.14. The van der Waals surface area contributed by atoms with Crippen molar-refractivity contribution in [3.8, 4) is 11.1 Å². The molecule has 0 radical (unpaired) electrons. The molecule has 0 unspecified atom stereocenters. The fourth-order valence-electron chi connectivity index (χ4n) is 3.93. The molecule has 2 amide bonds. The monoisotopic (exact) mass is 568 g/mol. The molecule has 8 heteroatoms. The van der Waals surface area contributed by atoms with E-state index in [0.29, 0.717) is 9.26 Å². The number of halogens is 1. The van der Waals surface area contributed by atoms with Crippen molar-refractivity contribution in [1.82, 2.24) is 5.32 Å². The van der Waals surface area contributed by atoms with Crippen molar-refractivity contribution in [3.63, 3.8) is 0 Å². The summed E-state index contributed by atoms with van der Waals surface area (Å²) in [6, 6.07) is 20.7. The second-order valence-corrected chi connectivity index (χ2v) is 8.88. The van der Waals surface area contributed by atoms with Crippen molar-refractivity contribution in [1.29, 1.82) is 0 Å². The zero-order valence-corrected chi connectivity index (χ0v) is 20.1. The molecule has 7 nitrogen and oxygen atoms in total. The molecule has 4 rings (SSSR count). The fraction of sp³-hybridized carbons (Fsp3) is 0.115. The zero-order valence-electron chi connectivity index (χ0n) is 18.0. The fourth-order valence-corrected chi connectivity index (χ4v) is 4.60. The van der Waals surface area contributed by atoms with Crippen LogP contribution in [-0.2, 0) is 9.53 Å². The van der Waals surface area contributed by atoms with Gasteiger partial charge in [-0.1, -0.05) is 54.6 Å². The van der Waals surface area contributed by atoms with Crippen LogP contribution in [-0.4, -0.2) is 36.2 Å². The van der Waals surface area contributed by atoms with Crippen LogP contribution in [0.15, 0.2) is 78.9 Å². The van der Waals surface area contributed by atoms with Gasteiger partial charge in [-0.25, -0.2) is 9.59 Å². The second kappa shape index (κ2) is 10.5. The normalized spacial score (nSPS) is 12.1. The Kier molecular flexibility index (Phi) is 7.27. The number of anilines is 1. The molecule has 0 heterocycles. The van der Waals surface area contributed by atoms with E-state index in [2.05, 4.69) is 34.9 Å². The lowest BCUT2D eigenvalue weighted by molar-refractivity contribution is -0.111. The Morgan fingerprint density at radius 3 is 2.26 bits per heavy atom. The minimum atomic E-state index is -1.07. The van der Waals surface area contributed by atoms with Crippen molar-refractivity contribution in [2.75, 3.05) is 18.5 Å². The highest BCUT2D eigenvalue weighted by Crippen LogP contribution is 2.44. The van der Waals surface area contributed by atoms with E-state index >= 15 is 0 Å². The molecular formula is C26H21IN2O5. The van der Waals surface area contributed by atoms with Crippen LogP contribution in [0.1, 0.15) is 27.4 Å². The number of fused-ring (bicyclic) bond motifs is 3. The van der Waals surface area contributed by atoms with Gasteiger partial charge in [-0.3, -0.25) is 4.79 Å². The summed E-state index contributed by atoms with van der Waals surface area (Å²) in [5.74, 6) is -1.53. The predicted molar refractivity (Wildman–Crippen MR) is 137 cm³/mol. The summed E-state index contributed by atoms with van der Waals surface area (Å²) in [5, 5.41) is 14.3. The van der Waals surface area contributed by atoms with E-state index in [9.17, 15) is 14.4 Å². The predicted octanol–water partition coefficient (Wildman–Crippen LogP) is 5.02. The minimum absolute atomic E-state index is 0.0242. The largest absolute Gasteiger partial charge is 0.478 e. The van der Waals surface area contributed by atoms with Crippen LogP contribution in [0, 0.1) is 3.57 Å². The minimum Gasteiger partial charge on any atom is -0.478 e. The number of carbonyl (C=O) groups is 3. The molecule has 0 bridgehead atoms. The van der Waals surface area contributed by atoms with Crippen LogP contribution in [0.3, 0.4) is 0 Å². The highest BCUT2D eigenvalue weighted by atomic mass is 127. The number of carboxylic acid groups (broad SMARTS) is 1. The van der Waals surface area contributed by atoms with Gasteiger partial charge in [0.15, 0.2) is 0 Å². The molecule has 0 aromatic heterocycles. The van der Waals surface area contributed by atoms with Gasteiger partial charge in [-0.15, -0.1) is 0 Å². The second-order valence-electron chi connectivity index (χ2n) is 7.63. The van der Waals surface area contributed by atoms with Crippen molar-refractivity contribution in [2.45, 2.75) is 5.92 Å². The number of nitrogens with one attached hydrogen (secondary N) is 2. The average Bonchev–Trinajstić information content (AvgIpc) is 3.14. The van der Waals surface area contributed by atoms with Gasteiger partial charge in [-0.05, 0) is 63.0 Å². The van der Waals surface area contributed by atoms with E-state index in [-0.39, 0.29) is 24.6 Å². The number of alkyl carbamates (subject to hydrolysis) is 1. The number of aromatic carboxylic acids is 1. The van der Waals surface area contributed by atoms with Crippen LogP contribution in [0.4, 0.5) is 10.5 Å². The summed E-state index contributed by atoms with van der Waals surface area (Å²) in [6.07, 6.45) is 2.18. The molecule has 0 spiro atoms. The maximum absolute atomic E-state index is 12.2. The van der Waals surface area contributed by atoms with Crippen LogP contribution >= 0.6 is 22.6 Å². The Labute approximate surface area is 210 Å². The molecular weight excluding hydrogens is 547 g/mol. The Balaban J connectivity index is 1.27. The molecule has 0 aliphatic heterocycles. The standard InChI is InChI=1S/C26H21IN2O5/c27-17-12-16(25(31)32)13-18(14-17)29-24(30)10-5-11-28-26(33)34-15-23-21-8-3-1-6-19(21)20-7-2-4-9-22(20)23/h1-10,12-14,23H,11,15H2,(H,28,33)(H,29,30)(H,31,32)/b10-5+. The van der Waals surface area contributed by atoms with E-state index in [4.69, 9.17) is 9.84 Å². The summed E-state index contributed by atoms with van der Waals surface area (Å²) >= 11 is 1.98. The first-order valence-corrected chi connectivity index (χ1v) is 11.6. The van der Waals surface area contributed by atoms with Gasteiger partial charge in [-0.2, -0.15) is 0 Å². The van der Waals surface area contributed by atoms with Crippen molar-refractivity contribution in [3.05, 3.63) is 99.1 Å². The zero-order chi connectivity index (χ0) is 24.1. The smallest absolute Gasteiger partial charge is 0.407 e. The van der Waals surface area contributed by atoms with Crippen LogP contribution in [0.25, 0.3) is 11.1 Å². The molecule has 1 aliphatic carbocycles. The average molecular weight is 568 g/mol. The van der Waals surface area contributed by atoms with Gasteiger partial charge in [0.2, 0.25) is 5.91 Å². The van der Waals surface area contributed by atoms with Crippen LogP contribution < -0.4 is 10.6 Å². The van der Waals surface area contributed by atoms with E-state index in [1.165, 1.54) is 24.3 Å². The lowest BCUT2D eigenvalue weighted by Crippen LogP contribution is -2.26. The van der Waals surface area contributed by atoms with Crippen molar-refractivity contribution < 1.29 is 24.2 Å². The number of amides is 2. The molecule has 3 aromatic rings. The summed E-state index contributed by atoms with van der Waals surface area (Å²) < 4.78 is 6.14. The molecule has 3 N–H and O–H groups in total. The first-order valence-electron chi connectivity index (χ1n) is 10.5. The first-order chi connectivity index (χ1) is 16.4. The number of benzene rings is 3. The molecule has 0 saturated carbocycles. The Hall–Kier alpha value is -3.66. The van der Waals surface area contributed by atoms with Crippen LogP contribution in [0.2, 0.25) is 0 Å². The number of hydrogen-bond donors (Lipinski definition) is 3. The van der Waals surface area contributed by atoms with E-state index in [1.807, 2.05) is 46.9 Å². The van der Waals surface area contributed by atoms with E-state index < -0.39 is 18.0 Å². The number of ether oxygens (including phenoxy) is 1. The third-order valence-corrected chi connectivity index (χ3v) is 6.01. The molecule has 1 aliphatic rings. The quantitative estimate of drug-likeness (QED) is 0.274. The maximum atomic E-state index is 12.2. The van der Waals surface area contributed by atoms with Crippen molar-refractivity contribution in [2.24, 2.45) is 0 Å². The molecule has 34 heavy (non-hydrogen) atoms. The lowest BCUT2D eigenvalue weighted by atomic mass is 9.98. The number of hydrogen-bond acceptors (Lipinski definition) is 4. The van der Waals surface area contributed by atoms with Crippen molar-refractivity contribution >= 4 is 46.2 Å². The van der Waals surface area contributed by atoms with Gasteiger partial charge in [0, 0.05) is 27.8 Å². The summed E-state index contributed by atoms with van der Waals surface area (Å²) in [4.78, 5) is 35.4. The Morgan fingerprint density at radius 1 is 0.971 bits per heavy atom. The molecule has 0 atom stereocenters. The topological polar surface area (TPSA) is 105 Å². The Morgan fingerprint density at radius 2 is 1.62 bits per heavy atom. The van der Waals surface area contributed by atoms with Gasteiger partial charge in [0.1, 0.15) is 6.61 Å². The van der Waals surface area contributed by atoms with E-state index in [0.717, 1.165) is 22.3 Å². The highest BCUT2D eigenvalue weighted by Gasteiger charge is 2.28. The molecule has 3 aromatic carbocycles. The van der Waals surface area contributed by atoms with Gasteiger partial charge >= 0.3 is 12.1 Å². The van der Waals surface area contributed by atoms with Gasteiger partial charge < -0.3 is 20.5 Å². The number of carbonyl (C=O) groups excluding carboxylic acids is 2. The van der Waals surface area contributed by atoms with Gasteiger partial charge in [0.25, 0.3) is 0 Å². The summed E-state index contributed by atoms with van der Waals surface area (Å²) in [7, 11) is 0. The highest BCUT2D eigenvalue weighted by molar-refractivity contribution is 14.1. The maximum Gasteiger partial charge on any atom is 0.407 e. The van der Waals surface area contributed by atoms with Crippen LogP contribution in [0.5, 0.6) is 0 Å². The Bertz CT molecular complexity index is 1240. The number of rotatable bonds is 7. The molecule has 0 saturated heterocycles. The molecule has 172 valence electrons. The number of carboxylic acids is 1. The third-order valence-electron chi connectivity index (χ3n) is 5.39. The summed E-state index contributed by atoms with van der Waals surface area (Å²) in [5.41, 5.74) is 5.05. The SMILES string of the molecule is O=C(/C=C/CNC(=O)OCC1c2ccccc2-c2ccccc21)Nc1cc(I)cc(C(=O)O)c1. The van der Waals surface area contributed by atoms with Gasteiger partial charge in [0.05, 0.1) is 5.56 Å². The summed E-state index contributed by atoms with van der Waals surface area (Å²) in [6.45, 7) is 0.319. The third kappa shape index (κ3) is 5.45. The van der Waals surface area contributed by atoms with E-state index in [1.54, 1.807) is 6.07 Å².